The standard InChI is InChI=1S/C29H36N4O3S2.C2H6/c1-20(2)15-22-7-5-6-13-32(22)26-12-14-36-28-17-24(10-11-25(26)28)38-33(29-30-19-31-37-29)18-21-8-9-23(34-3)16-27(21)35-4;1-2/h8-11,16-17,19,22,26H,1,5-7,12-15,18H2,2-4H3;1-2H3/t22-,26?;/m0./s1. The van der Waals surface area contributed by atoms with Gasteiger partial charge in [0, 0.05) is 52.1 Å². The molecule has 40 heavy (non-hydrogen) atoms. The SMILES string of the molecule is C=C(C)C[C@@H]1CCCCN1C1CCOc2cc(SN(Cc3ccc(OC)cc3OC)c3ncns3)ccc21.CC. The Kier molecular flexibility index (Phi) is 11.1. The predicted octanol–water partition coefficient (Wildman–Crippen LogP) is 7.94. The van der Waals surface area contributed by atoms with E-state index in [0.29, 0.717) is 18.6 Å². The molecule has 0 spiro atoms. The van der Waals surface area contributed by atoms with Gasteiger partial charge in [-0.1, -0.05) is 31.9 Å². The van der Waals surface area contributed by atoms with Crippen molar-refractivity contribution in [1.82, 2.24) is 14.3 Å². The van der Waals surface area contributed by atoms with Crippen LogP contribution < -0.4 is 18.5 Å². The first-order chi connectivity index (χ1) is 19.6. The van der Waals surface area contributed by atoms with Crippen LogP contribution in [0.3, 0.4) is 0 Å². The summed E-state index contributed by atoms with van der Waals surface area (Å²) in [4.78, 5) is 8.31. The Morgan fingerprint density at radius 3 is 2.73 bits per heavy atom. The number of aromatic nitrogens is 2. The highest BCUT2D eigenvalue weighted by molar-refractivity contribution is 8.00. The lowest BCUT2D eigenvalue weighted by Crippen LogP contribution is -2.43. The van der Waals surface area contributed by atoms with E-state index in [9.17, 15) is 0 Å². The van der Waals surface area contributed by atoms with Crippen molar-refractivity contribution in [1.29, 1.82) is 0 Å². The monoisotopic (exact) mass is 582 g/mol. The minimum absolute atomic E-state index is 0.394. The van der Waals surface area contributed by atoms with Crippen LogP contribution in [0, 0.1) is 0 Å². The van der Waals surface area contributed by atoms with Gasteiger partial charge in [-0.15, -0.1) is 6.58 Å². The maximum atomic E-state index is 6.22. The van der Waals surface area contributed by atoms with E-state index < -0.39 is 0 Å². The minimum Gasteiger partial charge on any atom is -0.497 e. The highest BCUT2D eigenvalue weighted by atomic mass is 32.2. The number of anilines is 1. The maximum Gasteiger partial charge on any atom is 0.215 e. The number of piperidine rings is 1. The smallest absolute Gasteiger partial charge is 0.215 e. The Morgan fingerprint density at radius 1 is 1.15 bits per heavy atom. The zero-order valence-corrected chi connectivity index (χ0v) is 26.0. The summed E-state index contributed by atoms with van der Waals surface area (Å²) in [5.41, 5.74) is 3.61. The van der Waals surface area contributed by atoms with Gasteiger partial charge in [-0.25, -0.2) is 4.98 Å². The summed E-state index contributed by atoms with van der Waals surface area (Å²) in [5.74, 6) is 2.54. The number of hydrogen-bond acceptors (Lipinski definition) is 9. The number of hydrogen-bond donors (Lipinski definition) is 0. The molecular formula is C31H42N4O3S2. The van der Waals surface area contributed by atoms with E-state index in [1.165, 1.54) is 41.9 Å². The molecule has 3 heterocycles. The van der Waals surface area contributed by atoms with E-state index in [1.54, 1.807) is 32.5 Å². The molecule has 0 aliphatic carbocycles. The summed E-state index contributed by atoms with van der Waals surface area (Å²) < 4.78 is 23.6. The molecule has 2 aliphatic heterocycles. The van der Waals surface area contributed by atoms with Crippen LogP contribution in [-0.4, -0.2) is 47.7 Å². The van der Waals surface area contributed by atoms with Crippen LogP contribution in [0.25, 0.3) is 0 Å². The number of likely N-dealkylation sites (tertiary alicyclic amines) is 1. The van der Waals surface area contributed by atoms with Crippen molar-refractivity contribution in [2.24, 2.45) is 0 Å². The Labute approximate surface area is 247 Å². The van der Waals surface area contributed by atoms with Crippen molar-refractivity contribution in [2.75, 3.05) is 31.7 Å². The molecule has 0 N–H and O–H groups in total. The quantitative estimate of drug-likeness (QED) is 0.176. The van der Waals surface area contributed by atoms with Gasteiger partial charge in [0.1, 0.15) is 23.6 Å². The van der Waals surface area contributed by atoms with Gasteiger partial charge in [-0.05, 0) is 68.9 Å². The third kappa shape index (κ3) is 7.30. The molecule has 0 radical (unpaired) electrons. The molecule has 2 aliphatic rings. The summed E-state index contributed by atoms with van der Waals surface area (Å²) >= 11 is 3.02. The first-order valence-electron chi connectivity index (χ1n) is 14.2. The molecule has 0 saturated carbocycles. The van der Waals surface area contributed by atoms with Crippen molar-refractivity contribution < 1.29 is 14.2 Å². The Bertz CT molecular complexity index is 1240. The van der Waals surface area contributed by atoms with Crippen molar-refractivity contribution in [3.8, 4) is 17.2 Å². The first kappa shape index (κ1) is 30.2. The molecule has 1 aromatic heterocycles. The van der Waals surface area contributed by atoms with Gasteiger partial charge in [0.2, 0.25) is 5.13 Å². The fourth-order valence-electron chi connectivity index (χ4n) is 5.49. The second-order valence-electron chi connectivity index (χ2n) is 9.93. The van der Waals surface area contributed by atoms with Gasteiger partial charge < -0.3 is 14.2 Å². The molecule has 7 nitrogen and oxygen atoms in total. The molecule has 1 saturated heterocycles. The second-order valence-corrected chi connectivity index (χ2v) is 11.8. The Hall–Kier alpha value is -2.75. The summed E-state index contributed by atoms with van der Waals surface area (Å²) in [6.45, 7) is 12.8. The van der Waals surface area contributed by atoms with E-state index in [-0.39, 0.29) is 0 Å². The lowest BCUT2D eigenvalue weighted by molar-refractivity contribution is 0.0673. The molecule has 5 rings (SSSR count). The van der Waals surface area contributed by atoms with Crippen molar-refractivity contribution in [3.63, 3.8) is 0 Å². The zero-order chi connectivity index (χ0) is 28.5. The molecule has 0 bridgehead atoms. The number of fused-ring (bicyclic) bond motifs is 1. The van der Waals surface area contributed by atoms with Crippen molar-refractivity contribution >= 4 is 28.6 Å². The third-order valence-electron chi connectivity index (χ3n) is 7.24. The highest BCUT2D eigenvalue weighted by Crippen LogP contribution is 2.43. The number of ether oxygens (including phenoxy) is 3. The highest BCUT2D eigenvalue weighted by Gasteiger charge is 2.33. The second kappa shape index (κ2) is 14.8. The van der Waals surface area contributed by atoms with Crippen LogP contribution in [0.2, 0.25) is 0 Å². The largest absolute Gasteiger partial charge is 0.497 e. The van der Waals surface area contributed by atoms with E-state index in [2.05, 4.69) is 50.3 Å². The normalized spacial score (nSPS) is 18.5. The van der Waals surface area contributed by atoms with Crippen molar-refractivity contribution in [2.45, 2.75) is 76.4 Å². The fourth-order valence-corrected chi connectivity index (χ4v) is 7.01. The number of nitrogens with zero attached hydrogens (tertiary/aromatic N) is 4. The first-order valence-corrected chi connectivity index (χ1v) is 15.7. The van der Waals surface area contributed by atoms with Gasteiger partial charge in [-0.2, -0.15) is 4.37 Å². The fraction of sp³-hybridized carbons (Fsp3) is 0.484. The molecule has 3 aromatic rings. The lowest BCUT2D eigenvalue weighted by atomic mass is 9.90. The molecule has 0 amide bonds. The number of benzene rings is 2. The van der Waals surface area contributed by atoms with Crippen LogP contribution >= 0.6 is 23.5 Å². The number of methoxy groups -OCH3 is 2. The van der Waals surface area contributed by atoms with Crippen molar-refractivity contribution in [3.05, 3.63) is 66.0 Å². The lowest BCUT2D eigenvalue weighted by Gasteiger charge is -2.43. The molecule has 1 unspecified atom stereocenters. The molecule has 2 aromatic carbocycles. The van der Waals surface area contributed by atoms with Crippen LogP contribution in [0.4, 0.5) is 5.13 Å². The van der Waals surface area contributed by atoms with Gasteiger partial charge >= 0.3 is 0 Å². The van der Waals surface area contributed by atoms with Crippen LogP contribution in [0.15, 0.2) is 59.8 Å². The molecule has 2 atom stereocenters. The number of rotatable bonds is 10. The summed E-state index contributed by atoms with van der Waals surface area (Å²) in [6.07, 6.45) is 7.52. The van der Waals surface area contributed by atoms with Crippen LogP contribution in [0.5, 0.6) is 17.2 Å². The summed E-state index contributed by atoms with van der Waals surface area (Å²) in [6, 6.07) is 13.5. The molecule has 1 fully saturated rings. The van der Waals surface area contributed by atoms with E-state index in [4.69, 9.17) is 14.2 Å². The Morgan fingerprint density at radius 2 is 2.00 bits per heavy atom. The van der Waals surface area contributed by atoms with Gasteiger partial charge in [0.15, 0.2) is 0 Å². The molecule has 9 heteroatoms. The predicted molar refractivity (Wildman–Crippen MR) is 166 cm³/mol. The van der Waals surface area contributed by atoms with E-state index >= 15 is 0 Å². The van der Waals surface area contributed by atoms with E-state index in [0.717, 1.165) is 58.8 Å². The molecule has 216 valence electrons. The zero-order valence-electron chi connectivity index (χ0n) is 24.4. The van der Waals surface area contributed by atoms with Gasteiger partial charge in [0.25, 0.3) is 0 Å². The topological polar surface area (TPSA) is 60.0 Å². The average Bonchev–Trinajstić information content (AvgIpc) is 3.53. The Balaban J connectivity index is 0.00000181. The van der Waals surface area contributed by atoms with Crippen LogP contribution in [-0.2, 0) is 6.54 Å². The van der Waals surface area contributed by atoms with E-state index in [1.807, 2.05) is 32.0 Å². The molecular weight excluding hydrogens is 541 g/mol. The third-order valence-corrected chi connectivity index (χ3v) is 9.03. The van der Waals surface area contributed by atoms with Crippen LogP contribution in [0.1, 0.15) is 70.0 Å². The maximum absolute atomic E-state index is 6.22. The summed E-state index contributed by atoms with van der Waals surface area (Å²) in [5, 5.41) is 0.834. The van der Waals surface area contributed by atoms with Gasteiger partial charge in [-0.3, -0.25) is 9.21 Å². The minimum atomic E-state index is 0.394. The average molecular weight is 583 g/mol. The van der Waals surface area contributed by atoms with Gasteiger partial charge in [0.05, 0.1) is 27.4 Å². The summed E-state index contributed by atoms with van der Waals surface area (Å²) in [7, 11) is 3.34.